The summed E-state index contributed by atoms with van der Waals surface area (Å²) in [4.78, 5) is 15.0. The lowest BCUT2D eigenvalue weighted by molar-refractivity contribution is -0.136. The quantitative estimate of drug-likeness (QED) is 0.856. The Balaban J connectivity index is 2.44. The predicted octanol–water partition coefficient (Wildman–Crippen LogP) is 1.97. The first-order valence-corrected chi connectivity index (χ1v) is 5.25. The fraction of sp³-hybridized carbons (Fsp3) is 0.333. The largest absolute Gasteiger partial charge is 0.481 e. The number of nitrogens with zero attached hydrogens (tertiary/aromatic N) is 2. The standard InChI is InChI=1S/C12H14N2O2/c1-8-4-3-5-11-13-10(6-7-12(15)16)9(2)14(8)11/h3-5H,6-7H2,1-2H3,(H,15,16). The van der Waals surface area contributed by atoms with Gasteiger partial charge in [-0.3, -0.25) is 4.79 Å². The maximum atomic E-state index is 10.5. The molecule has 2 aromatic heterocycles. The topological polar surface area (TPSA) is 54.6 Å². The van der Waals surface area contributed by atoms with Crippen LogP contribution in [0.2, 0.25) is 0 Å². The van der Waals surface area contributed by atoms with Gasteiger partial charge in [0.2, 0.25) is 0 Å². The molecule has 84 valence electrons. The third-order valence-corrected chi connectivity index (χ3v) is 2.74. The molecule has 16 heavy (non-hydrogen) atoms. The van der Waals surface area contributed by atoms with Gasteiger partial charge in [0.15, 0.2) is 0 Å². The number of imidazole rings is 1. The van der Waals surface area contributed by atoms with Crippen molar-refractivity contribution >= 4 is 11.6 Å². The summed E-state index contributed by atoms with van der Waals surface area (Å²) in [5, 5.41) is 8.66. The van der Waals surface area contributed by atoms with Crippen LogP contribution in [0.15, 0.2) is 18.2 Å². The second-order valence-corrected chi connectivity index (χ2v) is 3.90. The molecule has 0 aliphatic carbocycles. The van der Waals surface area contributed by atoms with Crippen LogP contribution in [0.1, 0.15) is 23.5 Å². The van der Waals surface area contributed by atoms with Crippen molar-refractivity contribution < 1.29 is 9.90 Å². The summed E-state index contributed by atoms with van der Waals surface area (Å²) >= 11 is 0. The molecule has 4 heteroatoms. The molecule has 0 atom stereocenters. The van der Waals surface area contributed by atoms with Crippen molar-refractivity contribution in [3.8, 4) is 0 Å². The van der Waals surface area contributed by atoms with Gasteiger partial charge in [-0.15, -0.1) is 0 Å². The molecule has 2 aromatic rings. The second-order valence-electron chi connectivity index (χ2n) is 3.90. The first-order valence-electron chi connectivity index (χ1n) is 5.25. The molecule has 2 rings (SSSR count). The van der Waals surface area contributed by atoms with Crippen LogP contribution in [0, 0.1) is 13.8 Å². The first kappa shape index (κ1) is 10.7. The summed E-state index contributed by atoms with van der Waals surface area (Å²) < 4.78 is 2.05. The number of pyridine rings is 1. The maximum Gasteiger partial charge on any atom is 0.303 e. The molecule has 0 saturated heterocycles. The highest BCUT2D eigenvalue weighted by Crippen LogP contribution is 2.15. The Morgan fingerprint density at radius 3 is 2.81 bits per heavy atom. The molecule has 0 bridgehead atoms. The minimum Gasteiger partial charge on any atom is -0.481 e. The zero-order chi connectivity index (χ0) is 11.7. The highest BCUT2D eigenvalue weighted by molar-refractivity contribution is 5.67. The zero-order valence-corrected chi connectivity index (χ0v) is 9.40. The summed E-state index contributed by atoms with van der Waals surface area (Å²) in [5.74, 6) is -0.784. The average molecular weight is 218 g/mol. The highest BCUT2D eigenvalue weighted by Gasteiger charge is 2.10. The summed E-state index contributed by atoms with van der Waals surface area (Å²) in [6.07, 6.45) is 0.617. The number of aliphatic carboxylic acids is 1. The first-order chi connectivity index (χ1) is 7.59. The Bertz CT molecular complexity index is 543. The van der Waals surface area contributed by atoms with Crippen LogP contribution in [-0.2, 0) is 11.2 Å². The van der Waals surface area contributed by atoms with Crippen molar-refractivity contribution in [2.45, 2.75) is 26.7 Å². The molecule has 0 amide bonds. The Morgan fingerprint density at radius 2 is 2.19 bits per heavy atom. The molecule has 4 nitrogen and oxygen atoms in total. The summed E-state index contributed by atoms with van der Waals surface area (Å²) in [6.45, 7) is 3.99. The second kappa shape index (κ2) is 3.96. The van der Waals surface area contributed by atoms with Crippen LogP contribution >= 0.6 is 0 Å². The molecule has 0 aliphatic heterocycles. The summed E-state index contributed by atoms with van der Waals surface area (Å²) in [6, 6.07) is 5.91. The highest BCUT2D eigenvalue weighted by atomic mass is 16.4. The molecule has 0 saturated carbocycles. The number of hydrogen-bond acceptors (Lipinski definition) is 2. The Kier molecular flexibility index (Phi) is 2.64. The number of aromatic nitrogens is 2. The van der Waals surface area contributed by atoms with Crippen LogP contribution in [0.5, 0.6) is 0 Å². The predicted molar refractivity (Wildman–Crippen MR) is 60.6 cm³/mol. The number of fused-ring (bicyclic) bond motifs is 1. The third kappa shape index (κ3) is 1.78. The number of aryl methyl sites for hydroxylation is 3. The van der Waals surface area contributed by atoms with Gasteiger partial charge < -0.3 is 9.51 Å². The molecule has 2 heterocycles. The van der Waals surface area contributed by atoms with E-state index in [1.54, 1.807) is 0 Å². The van der Waals surface area contributed by atoms with Crippen molar-refractivity contribution in [3.05, 3.63) is 35.3 Å². The van der Waals surface area contributed by atoms with Crippen LogP contribution in [0.3, 0.4) is 0 Å². The van der Waals surface area contributed by atoms with Crippen LogP contribution in [0.4, 0.5) is 0 Å². The Labute approximate surface area is 93.5 Å². The van der Waals surface area contributed by atoms with E-state index >= 15 is 0 Å². The summed E-state index contributed by atoms with van der Waals surface area (Å²) in [7, 11) is 0. The van der Waals surface area contributed by atoms with E-state index in [4.69, 9.17) is 5.11 Å². The van der Waals surface area contributed by atoms with Gasteiger partial charge in [-0.05, 0) is 26.0 Å². The number of carboxylic acid groups (broad SMARTS) is 1. The average Bonchev–Trinajstić information content (AvgIpc) is 2.54. The van der Waals surface area contributed by atoms with Crippen LogP contribution < -0.4 is 0 Å². The zero-order valence-electron chi connectivity index (χ0n) is 9.40. The van der Waals surface area contributed by atoms with E-state index in [9.17, 15) is 4.79 Å². The SMILES string of the molecule is Cc1cccc2nc(CCC(=O)O)c(C)n12. The molecular weight excluding hydrogens is 204 g/mol. The van der Waals surface area contributed by atoms with Gasteiger partial charge in [-0.25, -0.2) is 4.98 Å². The van der Waals surface area contributed by atoms with Gasteiger partial charge in [0.1, 0.15) is 5.65 Å². The van der Waals surface area contributed by atoms with E-state index in [2.05, 4.69) is 9.38 Å². The van der Waals surface area contributed by atoms with Gasteiger partial charge in [0, 0.05) is 17.8 Å². The lowest BCUT2D eigenvalue weighted by Crippen LogP contribution is -1.99. The normalized spacial score (nSPS) is 10.9. The van der Waals surface area contributed by atoms with Gasteiger partial charge >= 0.3 is 5.97 Å². The Hall–Kier alpha value is -1.84. The van der Waals surface area contributed by atoms with Crippen molar-refractivity contribution in [2.75, 3.05) is 0 Å². The molecule has 0 spiro atoms. The monoisotopic (exact) mass is 218 g/mol. The molecule has 0 unspecified atom stereocenters. The van der Waals surface area contributed by atoms with E-state index in [1.165, 1.54) is 0 Å². The van der Waals surface area contributed by atoms with E-state index < -0.39 is 5.97 Å². The molecule has 0 radical (unpaired) electrons. The summed E-state index contributed by atoms with van der Waals surface area (Å²) in [5.41, 5.74) is 3.91. The molecular formula is C12H14N2O2. The molecule has 0 aliphatic rings. The van der Waals surface area contributed by atoms with E-state index in [0.29, 0.717) is 6.42 Å². The van der Waals surface area contributed by atoms with Crippen molar-refractivity contribution in [2.24, 2.45) is 0 Å². The Morgan fingerprint density at radius 1 is 1.44 bits per heavy atom. The maximum absolute atomic E-state index is 10.5. The van der Waals surface area contributed by atoms with Gasteiger partial charge in [-0.1, -0.05) is 6.07 Å². The lowest BCUT2D eigenvalue weighted by atomic mass is 10.2. The van der Waals surface area contributed by atoms with E-state index in [-0.39, 0.29) is 6.42 Å². The lowest BCUT2D eigenvalue weighted by Gasteiger charge is -2.01. The number of hydrogen-bond donors (Lipinski definition) is 1. The van der Waals surface area contributed by atoms with Gasteiger partial charge in [-0.2, -0.15) is 0 Å². The number of rotatable bonds is 3. The van der Waals surface area contributed by atoms with Crippen molar-refractivity contribution in [3.63, 3.8) is 0 Å². The van der Waals surface area contributed by atoms with Crippen LogP contribution in [0.25, 0.3) is 5.65 Å². The fourth-order valence-corrected chi connectivity index (χ4v) is 1.94. The van der Waals surface area contributed by atoms with Crippen LogP contribution in [-0.4, -0.2) is 20.5 Å². The molecule has 1 N–H and O–H groups in total. The van der Waals surface area contributed by atoms with E-state index in [0.717, 1.165) is 22.7 Å². The minimum absolute atomic E-state index is 0.129. The molecule has 0 aromatic carbocycles. The van der Waals surface area contributed by atoms with E-state index in [1.807, 2.05) is 32.0 Å². The number of carbonyl (C=O) groups is 1. The van der Waals surface area contributed by atoms with Crippen molar-refractivity contribution in [1.29, 1.82) is 0 Å². The fourth-order valence-electron chi connectivity index (χ4n) is 1.94. The van der Waals surface area contributed by atoms with Gasteiger partial charge in [0.25, 0.3) is 0 Å². The molecule has 0 fully saturated rings. The third-order valence-electron chi connectivity index (χ3n) is 2.74. The smallest absolute Gasteiger partial charge is 0.303 e. The van der Waals surface area contributed by atoms with Gasteiger partial charge in [0.05, 0.1) is 12.1 Å². The minimum atomic E-state index is -0.784. The number of carboxylic acids is 1. The van der Waals surface area contributed by atoms with Crippen molar-refractivity contribution in [1.82, 2.24) is 9.38 Å².